The number of carbonyl (C=O) groups is 1. The molecule has 0 saturated carbocycles. The lowest BCUT2D eigenvalue weighted by molar-refractivity contribution is 0.102. The molecule has 0 unspecified atom stereocenters. The number of anilines is 2. The SMILES string of the molecule is C=CCN(CC=C)c1nc(NC(=O)c2ccc(Cl)cc2Cl)n2oc(=O)nc2n1. The van der Waals surface area contributed by atoms with Crippen LogP contribution in [0.2, 0.25) is 10.0 Å². The second-order valence-corrected chi connectivity index (χ2v) is 6.31. The van der Waals surface area contributed by atoms with Crippen molar-refractivity contribution in [2.75, 3.05) is 23.3 Å². The van der Waals surface area contributed by atoms with Gasteiger partial charge in [-0.25, -0.2) is 4.79 Å². The van der Waals surface area contributed by atoms with Crippen molar-refractivity contribution >= 4 is 46.8 Å². The maximum absolute atomic E-state index is 12.6. The highest BCUT2D eigenvalue weighted by molar-refractivity contribution is 6.37. The number of nitrogens with one attached hydrogen (secondary N) is 1. The molecule has 0 aliphatic heterocycles. The largest absolute Gasteiger partial charge is 0.462 e. The van der Waals surface area contributed by atoms with Crippen LogP contribution in [0.3, 0.4) is 0 Å². The Morgan fingerprint density at radius 2 is 1.93 bits per heavy atom. The number of rotatable bonds is 7. The molecule has 0 atom stereocenters. The van der Waals surface area contributed by atoms with Crippen LogP contribution < -0.4 is 16.0 Å². The van der Waals surface area contributed by atoms with Gasteiger partial charge in [0.2, 0.25) is 5.95 Å². The van der Waals surface area contributed by atoms with E-state index in [9.17, 15) is 9.59 Å². The van der Waals surface area contributed by atoms with E-state index in [1.54, 1.807) is 17.1 Å². The highest BCUT2D eigenvalue weighted by Crippen LogP contribution is 2.22. The first kappa shape index (κ1) is 19.6. The van der Waals surface area contributed by atoms with Gasteiger partial charge in [-0.1, -0.05) is 39.9 Å². The lowest BCUT2D eigenvalue weighted by Crippen LogP contribution is -2.27. The van der Waals surface area contributed by atoms with Crippen LogP contribution in [0.4, 0.5) is 11.9 Å². The number of carbonyl (C=O) groups excluding carboxylic acids is 1. The van der Waals surface area contributed by atoms with Gasteiger partial charge < -0.3 is 9.42 Å². The third-order valence-corrected chi connectivity index (χ3v) is 4.07. The minimum Gasteiger partial charge on any atom is -0.333 e. The molecular formula is C17H14Cl2N6O3. The number of amides is 1. The predicted octanol–water partition coefficient (Wildman–Crippen LogP) is 2.82. The molecule has 2 heterocycles. The molecule has 1 amide bonds. The summed E-state index contributed by atoms with van der Waals surface area (Å²) in [5.74, 6) is -1.42. The van der Waals surface area contributed by atoms with Gasteiger partial charge in [-0.3, -0.25) is 10.1 Å². The number of aromatic nitrogens is 4. The van der Waals surface area contributed by atoms with Crippen LogP contribution in [-0.2, 0) is 0 Å². The summed E-state index contributed by atoms with van der Waals surface area (Å²) in [7, 11) is 0. The Balaban J connectivity index is 2.05. The van der Waals surface area contributed by atoms with E-state index in [1.165, 1.54) is 18.2 Å². The first-order valence-corrected chi connectivity index (χ1v) is 8.69. The zero-order chi connectivity index (χ0) is 20.3. The van der Waals surface area contributed by atoms with E-state index < -0.39 is 11.7 Å². The van der Waals surface area contributed by atoms with Crippen LogP contribution in [0, 0.1) is 0 Å². The predicted molar refractivity (Wildman–Crippen MR) is 106 cm³/mol. The Morgan fingerprint density at radius 1 is 1.21 bits per heavy atom. The van der Waals surface area contributed by atoms with Gasteiger partial charge in [0.05, 0.1) is 10.6 Å². The van der Waals surface area contributed by atoms with Gasteiger partial charge in [0.15, 0.2) is 0 Å². The molecule has 0 spiro atoms. The van der Waals surface area contributed by atoms with E-state index in [4.69, 9.17) is 27.7 Å². The molecule has 3 rings (SSSR count). The van der Waals surface area contributed by atoms with Crippen molar-refractivity contribution in [1.82, 2.24) is 19.5 Å². The second-order valence-electron chi connectivity index (χ2n) is 5.47. The fraction of sp³-hybridized carbons (Fsp3) is 0.118. The van der Waals surface area contributed by atoms with E-state index in [0.29, 0.717) is 18.1 Å². The van der Waals surface area contributed by atoms with Gasteiger partial charge in [0.1, 0.15) is 0 Å². The highest BCUT2D eigenvalue weighted by Gasteiger charge is 2.19. The molecule has 3 aromatic rings. The molecule has 0 aliphatic rings. The maximum atomic E-state index is 12.6. The Kier molecular flexibility index (Phi) is 5.76. The summed E-state index contributed by atoms with van der Waals surface area (Å²) in [4.78, 5) is 38.0. The zero-order valence-corrected chi connectivity index (χ0v) is 15.9. The summed E-state index contributed by atoms with van der Waals surface area (Å²) in [6.45, 7) is 8.18. The summed E-state index contributed by atoms with van der Waals surface area (Å²) in [5.41, 5.74) is 0.163. The van der Waals surface area contributed by atoms with Crippen LogP contribution in [0.5, 0.6) is 0 Å². The fourth-order valence-electron chi connectivity index (χ4n) is 2.34. The number of nitrogens with zero attached hydrogens (tertiary/aromatic N) is 5. The van der Waals surface area contributed by atoms with Crippen molar-refractivity contribution in [3.63, 3.8) is 0 Å². The minimum absolute atomic E-state index is 0.0642. The van der Waals surface area contributed by atoms with Crippen molar-refractivity contribution in [1.29, 1.82) is 0 Å². The van der Waals surface area contributed by atoms with Gasteiger partial charge in [0, 0.05) is 18.1 Å². The Morgan fingerprint density at radius 3 is 2.57 bits per heavy atom. The number of hydrogen-bond donors (Lipinski definition) is 1. The summed E-state index contributed by atoms with van der Waals surface area (Å²) in [6.07, 6.45) is 3.30. The smallest absolute Gasteiger partial charge is 0.333 e. The van der Waals surface area contributed by atoms with Gasteiger partial charge in [0.25, 0.3) is 17.6 Å². The molecule has 0 aliphatic carbocycles. The van der Waals surface area contributed by atoms with Crippen LogP contribution in [0.25, 0.3) is 5.78 Å². The molecule has 144 valence electrons. The number of hydrogen-bond acceptors (Lipinski definition) is 7. The molecule has 9 nitrogen and oxygen atoms in total. The fourth-order valence-corrected chi connectivity index (χ4v) is 2.84. The van der Waals surface area contributed by atoms with E-state index in [2.05, 4.69) is 33.4 Å². The lowest BCUT2D eigenvalue weighted by Gasteiger charge is -2.19. The first-order chi connectivity index (χ1) is 13.4. The van der Waals surface area contributed by atoms with E-state index in [1.807, 2.05) is 0 Å². The van der Waals surface area contributed by atoms with Gasteiger partial charge in [-0.05, 0) is 18.2 Å². The molecule has 11 heteroatoms. The quantitative estimate of drug-likeness (QED) is 0.585. The lowest BCUT2D eigenvalue weighted by atomic mass is 10.2. The molecule has 0 bridgehead atoms. The monoisotopic (exact) mass is 420 g/mol. The normalized spacial score (nSPS) is 10.6. The number of halogens is 2. The van der Waals surface area contributed by atoms with Gasteiger partial charge >= 0.3 is 5.76 Å². The average molecular weight is 421 g/mol. The Labute approximate surface area is 168 Å². The van der Waals surface area contributed by atoms with Gasteiger partial charge in [-0.15, -0.1) is 18.1 Å². The maximum Gasteiger partial charge on any atom is 0.462 e. The molecular weight excluding hydrogens is 407 g/mol. The van der Waals surface area contributed by atoms with Crippen molar-refractivity contribution in [2.24, 2.45) is 0 Å². The Bertz CT molecular complexity index is 1110. The van der Waals surface area contributed by atoms with Crippen LogP contribution in [-0.4, -0.2) is 38.5 Å². The summed E-state index contributed by atoms with van der Waals surface area (Å²) in [6, 6.07) is 4.42. The molecule has 0 saturated heterocycles. The molecule has 28 heavy (non-hydrogen) atoms. The third kappa shape index (κ3) is 4.05. The Hall–Kier alpha value is -3.17. The van der Waals surface area contributed by atoms with Crippen molar-refractivity contribution in [3.8, 4) is 0 Å². The summed E-state index contributed by atoms with van der Waals surface area (Å²) in [5, 5.41) is 3.09. The van der Waals surface area contributed by atoms with E-state index >= 15 is 0 Å². The molecule has 2 aromatic heterocycles. The van der Waals surface area contributed by atoms with Crippen LogP contribution in [0.1, 0.15) is 10.4 Å². The van der Waals surface area contributed by atoms with Crippen molar-refractivity contribution in [2.45, 2.75) is 0 Å². The molecule has 0 radical (unpaired) electrons. The standard InChI is InChI=1S/C17H14Cl2N6O3/c1-3-7-24(8-4-2)14-21-15(25-16(22-14)23-17(27)28-25)20-13(26)11-6-5-10(18)9-12(11)19/h3-6,9H,1-2,7-8H2,(H,20,21,22,23,26,27). The number of benzene rings is 1. The zero-order valence-electron chi connectivity index (χ0n) is 14.4. The van der Waals surface area contributed by atoms with E-state index in [0.717, 1.165) is 4.57 Å². The third-order valence-electron chi connectivity index (χ3n) is 3.52. The van der Waals surface area contributed by atoms with Crippen LogP contribution in [0.15, 0.2) is 52.8 Å². The second kappa shape index (κ2) is 8.24. The average Bonchev–Trinajstić information content (AvgIpc) is 3.02. The molecule has 1 N–H and O–H groups in total. The van der Waals surface area contributed by atoms with E-state index in [-0.39, 0.29) is 28.3 Å². The first-order valence-electron chi connectivity index (χ1n) is 7.94. The number of fused-ring (bicyclic) bond motifs is 1. The molecule has 0 fully saturated rings. The van der Waals surface area contributed by atoms with Crippen molar-refractivity contribution in [3.05, 3.63) is 69.7 Å². The highest BCUT2D eigenvalue weighted by atomic mass is 35.5. The van der Waals surface area contributed by atoms with Gasteiger partial charge in [-0.2, -0.15) is 9.97 Å². The summed E-state index contributed by atoms with van der Waals surface area (Å²) >= 11 is 11.9. The van der Waals surface area contributed by atoms with Crippen molar-refractivity contribution < 1.29 is 9.32 Å². The minimum atomic E-state index is -0.884. The van der Waals surface area contributed by atoms with Crippen LogP contribution >= 0.6 is 23.2 Å². The topological polar surface area (TPSA) is 106 Å². The summed E-state index contributed by atoms with van der Waals surface area (Å²) < 4.78 is 5.86. The molecule has 1 aromatic carbocycles.